The lowest BCUT2D eigenvalue weighted by molar-refractivity contribution is -0.142. The van der Waals surface area contributed by atoms with Crippen LogP contribution in [0.1, 0.15) is 17.0 Å². The molecule has 0 saturated heterocycles. The zero-order chi connectivity index (χ0) is 17.1. The summed E-state index contributed by atoms with van der Waals surface area (Å²) < 4.78 is 10.8. The second kappa shape index (κ2) is 6.81. The van der Waals surface area contributed by atoms with E-state index in [0.717, 1.165) is 6.61 Å². The Bertz CT molecular complexity index is 841. The molecule has 3 aromatic carbocycles. The van der Waals surface area contributed by atoms with Crippen LogP contribution in [0, 0.1) is 6.61 Å². The normalized spacial score (nSPS) is 12.3. The molecule has 0 amide bonds. The standard InChI is InChI=1S/C22H17O3/c23-22(15-24-16-8-2-1-3-9-16)25-14-21-19-12-6-4-10-17(19)18-11-5-7-13-20(18)21/h1-13,15,21H,14H2. The van der Waals surface area contributed by atoms with E-state index in [4.69, 9.17) is 9.47 Å². The van der Waals surface area contributed by atoms with Gasteiger partial charge in [0.2, 0.25) is 6.61 Å². The van der Waals surface area contributed by atoms with Crippen molar-refractivity contribution in [2.24, 2.45) is 0 Å². The van der Waals surface area contributed by atoms with Crippen molar-refractivity contribution in [2.75, 3.05) is 6.61 Å². The number of benzene rings is 3. The number of hydrogen-bond acceptors (Lipinski definition) is 3. The molecule has 1 radical (unpaired) electrons. The van der Waals surface area contributed by atoms with Gasteiger partial charge in [-0.2, -0.15) is 0 Å². The van der Waals surface area contributed by atoms with E-state index in [0.29, 0.717) is 12.4 Å². The van der Waals surface area contributed by atoms with Crippen molar-refractivity contribution < 1.29 is 14.3 Å². The Balaban J connectivity index is 1.43. The Hall–Kier alpha value is -3.07. The van der Waals surface area contributed by atoms with Gasteiger partial charge in [-0.3, -0.25) is 0 Å². The highest BCUT2D eigenvalue weighted by Crippen LogP contribution is 2.44. The van der Waals surface area contributed by atoms with Crippen molar-refractivity contribution in [3.8, 4) is 16.9 Å². The highest BCUT2D eigenvalue weighted by molar-refractivity contribution is 5.80. The third-order valence-electron chi connectivity index (χ3n) is 4.39. The van der Waals surface area contributed by atoms with E-state index >= 15 is 0 Å². The first-order valence-corrected chi connectivity index (χ1v) is 8.23. The summed E-state index contributed by atoms with van der Waals surface area (Å²) in [4.78, 5) is 12.0. The molecule has 123 valence electrons. The summed E-state index contributed by atoms with van der Waals surface area (Å²) in [7, 11) is 0. The first-order chi connectivity index (χ1) is 12.3. The number of ether oxygens (including phenoxy) is 2. The van der Waals surface area contributed by atoms with Crippen LogP contribution in [0.15, 0.2) is 78.9 Å². The van der Waals surface area contributed by atoms with Gasteiger partial charge in [-0.25, -0.2) is 4.79 Å². The van der Waals surface area contributed by atoms with E-state index in [2.05, 4.69) is 24.3 Å². The first kappa shape index (κ1) is 15.5. The molecule has 1 aliphatic rings. The van der Waals surface area contributed by atoms with Gasteiger partial charge in [-0.15, -0.1) is 0 Å². The quantitative estimate of drug-likeness (QED) is 0.643. The molecule has 3 heteroatoms. The number of carbonyl (C=O) groups excluding carboxylic acids is 1. The third kappa shape index (κ3) is 3.13. The van der Waals surface area contributed by atoms with E-state index in [1.807, 2.05) is 42.5 Å². The number of rotatable bonds is 5. The van der Waals surface area contributed by atoms with Crippen molar-refractivity contribution in [3.63, 3.8) is 0 Å². The van der Waals surface area contributed by atoms with Crippen LogP contribution in [0.25, 0.3) is 11.1 Å². The van der Waals surface area contributed by atoms with Crippen LogP contribution in [-0.2, 0) is 9.53 Å². The molecule has 0 spiro atoms. The lowest BCUT2D eigenvalue weighted by Gasteiger charge is -2.14. The van der Waals surface area contributed by atoms with Crippen molar-refractivity contribution in [2.45, 2.75) is 5.92 Å². The summed E-state index contributed by atoms with van der Waals surface area (Å²) in [5.41, 5.74) is 4.81. The van der Waals surface area contributed by atoms with E-state index < -0.39 is 5.97 Å². The summed E-state index contributed by atoms with van der Waals surface area (Å²) >= 11 is 0. The Morgan fingerprint density at radius 3 is 2.00 bits per heavy atom. The Kier molecular flexibility index (Phi) is 4.21. The molecule has 0 aliphatic heterocycles. The Labute approximate surface area is 146 Å². The lowest BCUT2D eigenvalue weighted by Crippen LogP contribution is -2.14. The highest BCUT2D eigenvalue weighted by atomic mass is 16.6. The van der Waals surface area contributed by atoms with Gasteiger partial charge >= 0.3 is 5.97 Å². The second-order valence-corrected chi connectivity index (χ2v) is 5.91. The predicted octanol–water partition coefficient (Wildman–Crippen LogP) is 4.58. The van der Waals surface area contributed by atoms with Gasteiger partial charge in [0, 0.05) is 5.92 Å². The van der Waals surface area contributed by atoms with Crippen LogP contribution in [-0.4, -0.2) is 12.6 Å². The van der Waals surface area contributed by atoms with Crippen molar-refractivity contribution in [3.05, 3.63) is 96.6 Å². The number of carbonyl (C=O) groups is 1. The molecule has 1 aliphatic carbocycles. The zero-order valence-corrected chi connectivity index (χ0v) is 13.6. The van der Waals surface area contributed by atoms with Crippen LogP contribution in [0.3, 0.4) is 0 Å². The zero-order valence-electron chi connectivity index (χ0n) is 13.6. The summed E-state index contributed by atoms with van der Waals surface area (Å²) in [5.74, 6) is 0.184. The minimum atomic E-state index is -0.481. The fourth-order valence-electron chi connectivity index (χ4n) is 3.25. The maximum absolute atomic E-state index is 12.0. The van der Waals surface area contributed by atoms with Gasteiger partial charge in [-0.05, 0) is 34.4 Å². The number of para-hydroxylation sites is 1. The minimum Gasteiger partial charge on any atom is -0.474 e. The summed E-state index contributed by atoms with van der Waals surface area (Å²) in [6, 6.07) is 25.7. The topological polar surface area (TPSA) is 35.5 Å². The van der Waals surface area contributed by atoms with Gasteiger partial charge in [0.05, 0.1) is 0 Å². The van der Waals surface area contributed by atoms with E-state index in [-0.39, 0.29) is 5.92 Å². The molecule has 3 aromatic rings. The summed E-state index contributed by atoms with van der Waals surface area (Å²) in [6.45, 7) is 1.41. The van der Waals surface area contributed by atoms with Gasteiger partial charge in [0.1, 0.15) is 12.4 Å². The van der Waals surface area contributed by atoms with Crippen molar-refractivity contribution in [1.29, 1.82) is 0 Å². The van der Waals surface area contributed by atoms with Gasteiger partial charge in [0.15, 0.2) is 0 Å². The average Bonchev–Trinajstić information content (AvgIpc) is 2.99. The molecule has 0 aromatic heterocycles. The van der Waals surface area contributed by atoms with Crippen LogP contribution >= 0.6 is 0 Å². The maximum Gasteiger partial charge on any atom is 0.352 e. The molecular weight excluding hydrogens is 312 g/mol. The maximum atomic E-state index is 12.0. The number of esters is 1. The first-order valence-electron chi connectivity index (χ1n) is 8.23. The largest absolute Gasteiger partial charge is 0.474 e. The molecule has 0 bridgehead atoms. The average molecular weight is 329 g/mol. The molecule has 0 fully saturated rings. The second-order valence-electron chi connectivity index (χ2n) is 5.91. The van der Waals surface area contributed by atoms with E-state index in [1.54, 1.807) is 12.1 Å². The monoisotopic (exact) mass is 329 g/mol. The van der Waals surface area contributed by atoms with Gasteiger partial charge < -0.3 is 9.47 Å². The molecule has 25 heavy (non-hydrogen) atoms. The Morgan fingerprint density at radius 1 is 0.800 bits per heavy atom. The molecule has 0 unspecified atom stereocenters. The summed E-state index contributed by atoms with van der Waals surface area (Å²) in [5, 5.41) is 0. The smallest absolute Gasteiger partial charge is 0.352 e. The van der Waals surface area contributed by atoms with E-state index in [9.17, 15) is 4.79 Å². The molecule has 4 rings (SSSR count). The van der Waals surface area contributed by atoms with Gasteiger partial charge in [0.25, 0.3) is 0 Å². The van der Waals surface area contributed by atoms with Gasteiger partial charge in [-0.1, -0.05) is 66.7 Å². The molecular formula is C22H17O3. The van der Waals surface area contributed by atoms with Crippen LogP contribution in [0.4, 0.5) is 0 Å². The number of fused-ring (bicyclic) bond motifs is 3. The molecule has 3 nitrogen and oxygen atoms in total. The SMILES string of the molecule is O=C([CH]Oc1ccccc1)OCC1c2ccccc2-c2ccccc21. The molecule has 0 atom stereocenters. The Morgan fingerprint density at radius 2 is 1.36 bits per heavy atom. The predicted molar refractivity (Wildman–Crippen MR) is 96.1 cm³/mol. The van der Waals surface area contributed by atoms with Crippen molar-refractivity contribution in [1.82, 2.24) is 0 Å². The van der Waals surface area contributed by atoms with Crippen LogP contribution in [0.5, 0.6) is 5.75 Å². The third-order valence-corrected chi connectivity index (χ3v) is 4.39. The minimum absolute atomic E-state index is 0.0569. The molecule has 0 saturated carbocycles. The molecule has 0 N–H and O–H groups in total. The fourth-order valence-corrected chi connectivity index (χ4v) is 3.25. The van der Waals surface area contributed by atoms with Crippen molar-refractivity contribution >= 4 is 5.97 Å². The number of hydrogen-bond donors (Lipinski definition) is 0. The fraction of sp³-hybridized carbons (Fsp3) is 0.0909. The van der Waals surface area contributed by atoms with E-state index in [1.165, 1.54) is 22.3 Å². The molecule has 0 heterocycles. The van der Waals surface area contributed by atoms with Crippen LogP contribution in [0.2, 0.25) is 0 Å². The summed E-state index contributed by atoms with van der Waals surface area (Å²) in [6.07, 6.45) is 0. The highest BCUT2D eigenvalue weighted by Gasteiger charge is 2.29. The van der Waals surface area contributed by atoms with Crippen LogP contribution < -0.4 is 4.74 Å². The lowest BCUT2D eigenvalue weighted by atomic mass is 9.98.